The van der Waals surface area contributed by atoms with Crippen LogP contribution in [0, 0.1) is 0 Å². The summed E-state index contributed by atoms with van der Waals surface area (Å²) in [5, 5.41) is 3.45. The molecule has 0 saturated heterocycles. The van der Waals surface area contributed by atoms with Gasteiger partial charge in [0.15, 0.2) is 0 Å². The maximum Gasteiger partial charge on any atom is 0.119 e. The van der Waals surface area contributed by atoms with Crippen LogP contribution in [0.1, 0.15) is 24.9 Å². The molecule has 0 aromatic heterocycles. The monoisotopic (exact) mass is 348 g/mol. The summed E-state index contributed by atoms with van der Waals surface area (Å²) in [4.78, 5) is 0. The van der Waals surface area contributed by atoms with Gasteiger partial charge in [-0.25, -0.2) is 0 Å². The molecule has 112 valence electrons. The number of halogens is 1. The number of hydrogen-bond acceptors (Lipinski definition) is 3. The van der Waals surface area contributed by atoms with Gasteiger partial charge in [0.25, 0.3) is 0 Å². The Morgan fingerprint density at radius 2 is 1.95 bits per heavy atom. The smallest absolute Gasteiger partial charge is 0.119 e. The van der Waals surface area contributed by atoms with E-state index in [0.29, 0.717) is 6.54 Å². The van der Waals surface area contributed by atoms with Gasteiger partial charge in [0.1, 0.15) is 5.75 Å². The molecule has 0 heterocycles. The van der Waals surface area contributed by atoms with Crippen molar-refractivity contribution in [2.75, 3.05) is 18.5 Å². The molecule has 0 aliphatic heterocycles. The molecule has 0 radical (unpaired) electrons. The molecule has 3 N–H and O–H groups in total. The van der Waals surface area contributed by atoms with Crippen LogP contribution < -0.4 is 15.8 Å². The van der Waals surface area contributed by atoms with E-state index in [1.165, 1.54) is 0 Å². The molecular weight excluding hydrogens is 328 g/mol. The van der Waals surface area contributed by atoms with Crippen LogP contribution in [0.25, 0.3) is 0 Å². The van der Waals surface area contributed by atoms with E-state index < -0.39 is 0 Å². The SMILES string of the molecule is CCCOc1ccc(C(CN)Nc2cccc(Br)c2)cc1. The van der Waals surface area contributed by atoms with E-state index in [-0.39, 0.29) is 6.04 Å². The molecule has 0 bridgehead atoms. The predicted molar refractivity (Wildman–Crippen MR) is 91.8 cm³/mol. The van der Waals surface area contributed by atoms with Gasteiger partial charge in [0, 0.05) is 16.7 Å². The van der Waals surface area contributed by atoms with Gasteiger partial charge >= 0.3 is 0 Å². The third-order valence-corrected chi connectivity index (χ3v) is 3.65. The van der Waals surface area contributed by atoms with Crippen LogP contribution in [0.4, 0.5) is 5.69 Å². The average Bonchev–Trinajstić information content (AvgIpc) is 2.51. The van der Waals surface area contributed by atoms with Crippen LogP contribution in [0.15, 0.2) is 53.0 Å². The van der Waals surface area contributed by atoms with Crippen molar-refractivity contribution in [3.05, 3.63) is 58.6 Å². The fourth-order valence-corrected chi connectivity index (χ4v) is 2.47. The zero-order valence-corrected chi connectivity index (χ0v) is 13.8. The van der Waals surface area contributed by atoms with Gasteiger partial charge in [-0.05, 0) is 42.3 Å². The van der Waals surface area contributed by atoms with E-state index in [9.17, 15) is 0 Å². The lowest BCUT2D eigenvalue weighted by atomic mass is 10.1. The first-order valence-corrected chi connectivity index (χ1v) is 7.97. The highest BCUT2D eigenvalue weighted by Gasteiger charge is 2.09. The molecule has 0 saturated carbocycles. The molecular formula is C17H21BrN2O. The summed E-state index contributed by atoms with van der Waals surface area (Å²) in [5.74, 6) is 0.902. The highest BCUT2D eigenvalue weighted by atomic mass is 79.9. The number of ether oxygens (including phenoxy) is 1. The van der Waals surface area contributed by atoms with Gasteiger partial charge < -0.3 is 15.8 Å². The maximum atomic E-state index is 5.90. The van der Waals surface area contributed by atoms with Crippen molar-refractivity contribution in [1.82, 2.24) is 0 Å². The minimum absolute atomic E-state index is 0.0829. The van der Waals surface area contributed by atoms with Gasteiger partial charge in [-0.15, -0.1) is 0 Å². The number of benzene rings is 2. The van der Waals surface area contributed by atoms with E-state index in [2.05, 4.69) is 40.3 Å². The lowest BCUT2D eigenvalue weighted by Gasteiger charge is -2.19. The Labute approximate surface area is 134 Å². The standard InChI is InChI=1S/C17H21BrN2O/c1-2-10-21-16-8-6-13(7-9-16)17(12-19)20-15-5-3-4-14(18)11-15/h3-9,11,17,20H,2,10,12,19H2,1H3. The van der Waals surface area contributed by atoms with Gasteiger partial charge in [-0.1, -0.05) is 41.1 Å². The molecule has 2 aromatic rings. The molecule has 0 fully saturated rings. The van der Waals surface area contributed by atoms with E-state index in [4.69, 9.17) is 10.5 Å². The van der Waals surface area contributed by atoms with Crippen LogP contribution >= 0.6 is 15.9 Å². The Balaban J connectivity index is 2.06. The summed E-state index contributed by atoms with van der Waals surface area (Å²) >= 11 is 3.48. The fourth-order valence-electron chi connectivity index (χ4n) is 2.07. The Morgan fingerprint density at radius 3 is 2.57 bits per heavy atom. The normalized spacial score (nSPS) is 12.0. The van der Waals surface area contributed by atoms with Crippen molar-refractivity contribution < 1.29 is 4.74 Å². The summed E-state index contributed by atoms with van der Waals surface area (Å²) in [6.45, 7) is 3.37. The van der Waals surface area contributed by atoms with E-state index >= 15 is 0 Å². The molecule has 0 spiro atoms. The van der Waals surface area contributed by atoms with E-state index in [1.807, 2.05) is 36.4 Å². The lowest BCUT2D eigenvalue weighted by molar-refractivity contribution is 0.317. The number of nitrogens with two attached hydrogens (primary N) is 1. The van der Waals surface area contributed by atoms with Crippen LogP contribution in [-0.4, -0.2) is 13.2 Å². The van der Waals surface area contributed by atoms with Gasteiger partial charge in [-0.2, -0.15) is 0 Å². The van der Waals surface area contributed by atoms with Crippen molar-refractivity contribution in [2.24, 2.45) is 5.73 Å². The second kappa shape index (κ2) is 8.05. The van der Waals surface area contributed by atoms with Gasteiger partial charge in [0.2, 0.25) is 0 Å². The Hall–Kier alpha value is -1.52. The van der Waals surface area contributed by atoms with Crippen molar-refractivity contribution in [3.63, 3.8) is 0 Å². The first-order valence-electron chi connectivity index (χ1n) is 7.18. The molecule has 0 aliphatic carbocycles. The number of hydrogen-bond donors (Lipinski definition) is 2. The predicted octanol–water partition coefficient (Wildman–Crippen LogP) is 4.35. The van der Waals surface area contributed by atoms with Crippen LogP contribution in [0.3, 0.4) is 0 Å². The maximum absolute atomic E-state index is 5.90. The fraction of sp³-hybridized carbons (Fsp3) is 0.294. The summed E-state index contributed by atoms with van der Waals surface area (Å²) in [7, 11) is 0. The van der Waals surface area contributed by atoms with Gasteiger partial charge in [0.05, 0.1) is 12.6 Å². The summed E-state index contributed by atoms with van der Waals surface area (Å²) in [6, 6.07) is 16.3. The largest absolute Gasteiger partial charge is 0.494 e. The second-order valence-corrected chi connectivity index (χ2v) is 5.78. The number of anilines is 1. The van der Waals surface area contributed by atoms with Crippen LogP contribution in [0.5, 0.6) is 5.75 Å². The minimum Gasteiger partial charge on any atom is -0.494 e. The zero-order valence-electron chi connectivity index (χ0n) is 12.2. The Bertz CT molecular complexity index is 557. The molecule has 21 heavy (non-hydrogen) atoms. The van der Waals surface area contributed by atoms with Gasteiger partial charge in [-0.3, -0.25) is 0 Å². The van der Waals surface area contributed by atoms with Crippen molar-refractivity contribution in [3.8, 4) is 5.75 Å². The summed E-state index contributed by atoms with van der Waals surface area (Å²) in [5.41, 5.74) is 8.10. The second-order valence-electron chi connectivity index (χ2n) is 4.86. The minimum atomic E-state index is 0.0829. The molecule has 4 heteroatoms. The zero-order chi connectivity index (χ0) is 15.1. The average molecular weight is 349 g/mol. The van der Waals surface area contributed by atoms with E-state index in [1.54, 1.807) is 0 Å². The molecule has 2 aromatic carbocycles. The molecule has 0 aliphatic rings. The van der Waals surface area contributed by atoms with Crippen LogP contribution in [-0.2, 0) is 0 Å². The quantitative estimate of drug-likeness (QED) is 0.781. The van der Waals surface area contributed by atoms with Crippen LogP contribution in [0.2, 0.25) is 0 Å². The number of nitrogens with one attached hydrogen (secondary N) is 1. The highest BCUT2D eigenvalue weighted by molar-refractivity contribution is 9.10. The number of rotatable bonds is 7. The topological polar surface area (TPSA) is 47.3 Å². The summed E-state index contributed by atoms with van der Waals surface area (Å²) in [6.07, 6.45) is 1.01. The molecule has 1 atom stereocenters. The Kier molecular flexibility index (Phi) is 6.08. The molecule has 1 unspecified atom stereocenters. The molecule has 3 nitrogen and oxygen atoms in total. The third kappa shape index (κ3) is 4.76. The van der Waals surface area contributed by atoms with Crippen molar-refractivity contribution >= 4 is 21.6 Å². The summed E-state index contributed by atoms with van der Waals surface area (Å²) < 4.78 is 6.65. The lowest BCUT2D eigenvalue weighted by Crippen LogP contribution is -2.20. The molecule has 2 rings (SSSR count). The van der Waals surface area contributed by atoms with E-state index in [0.717, 1.165) is 34.5 Å². The Morgan fingerprint density at radius 1 is 1.19 bits per heavy atom. The first kappa shape index (κ1) is 15.9. The van der Waals surface area contributed by atoms with Crippen molar-refractivity contribution in [2.45, 2.75) is 19.4 Å². The first-order chi connectivity index (χ1) is 10.2. The van der Waals surface area contributed by atoms with Crippen molar-refractivity contribution in [1.29, 1.82) is 0 Å². The molecule has 0 amide bonds. The highest BCUT2D eigenvalue weighted by Crippen LogP contribution is 2.23. The third-order valence-electron chi connectivity index (χ3n) is 3.16.